The van der Waals surface area contributed by atoms with Crippen LogP contribution in [0.3, 0.4) is 0 Å². The highest BCUT2D eigenvalue weighted by molar-refractivity contribution is 7.89. The molecule has 8 nitrogen and oxygen atoms in total. The lowest BCUT2D eigenvalue weighted by Crippen LogP contribution is -2.38. The molecule has 0 fully saturated rings. The molecule has 0 saturated heterocycles. The standard InChI is InChI=1S/C14H29NO4S.C12H25NO2/c1-8-20(17,18)15-10-11(13(2,3)4)9-12(16)19-14(5,6)7;1-11(2,3)9(8-13)7-10(14)15-12(4,5)6/h11,15H,8-10H2,1-7H3;9H,7-8,13H2,1-6H3/t11-;9-/m11/s1. The van der Waals surface area contributed by atoms with Crippen LogP contribution in [-0.2, 0) is 29.1 Å². The lowest BCUT2D eigenvalue weighted by atomic mass is 9.79. The van der Waals surface area contributed by atoms with E-state index in [1.165, 1.54) is 0 Å². The van der Waals surface area contributed by atoms with Crippen LogP contribution in [0.25, 0.3) is 0 Å². The van der Waals surface area contributed by atoms with Crippen molar-refractivity contribution in [2.24, 2.45) is 28.4 Å². The minimum absolute atomic E-state index is 0.0380. The van der Waals surface area contributed by atoms with Gasteiger partial charge in [0.15, 0.2) is 0 Å². The van der Waals surface area contributed by atoms with Gasteiger partial charge in [-0.2, -0.15) is 0 Å². The quantitative estimate of drug-likeness (QED) is 0.422. The molecule has 0 aliphatic rings. The smallest absolute Gasteiger partial charge is 0.306 e. The van der Waals surface area contributed by atoms with Crippen molar-refractivity contribution in [3.63, 3.8) is 0 Å². The maximum atomic E-state index is 11.9. The highest BCUT2D eigenvalue weighted by Gasteiger charge is 2.30. The van der Waals surface area contributed by atoms with Crippen molar-refractivity contribution in [1.29, 1.82) is 0 Å². The average Bonchev–Trinajstić information content (AvgIpc) is 2.58. The van der Waals surface area contributed by atoms with Gasteiger partial charge in [0.1, 0.15) is 11.2 Å². The summed E-state index contributed by atoms with van der Waals surface area (Å²) in [7, 11) is -3.25. The fourth-order valence-electron chi connectivity index (χ4n) is 2.93. The molecule has 0 saturated carbocycles. The second-order valence-electron chi connectivity index (χ2n) is 13.2. The molecule has 35 heavy (non-hydrogen) atoms. The molecular formula is C26H54N2O6S. The number of sulfonamides is 1. The van der Waals surface area contributed by atoms with Crippen LogP contribution in [0.4, 0.5) is 0 Å². The van der Waals surface area contributed by atoms with E-state index < -0.39 is 21.2 Å². The van der Waals surface area contributed by atoms with Crippen LogP contribution >= 0.6 is 0 Å². The maximum Gasteiger partial charge on any atom is 0.306 e. The van der Waals surface area contributed by atoms with E-state index in [9.17, 15) is 18.0 Å². The molecule has 0 aromatic carbocycles. The fourth-order valence-corrected chi connectivity index (χ4v) is 3.59. The van der Waals surface area contributed by atoms with Crippen LogP contribution in [0.1, 0.15) is 103 Å². The minimum atomic E-state index is -3.25. The maximum absolute atomic E-state index is 11.9. The molecule has 0 radical (unpaired) electrons. The lowest BCUT2D eigenvalue weighted by molar-refractivity contribution is -0.158. The number of ether oxygens (including phenoxy) is 2. The van der Waals surface area contributed by atoms with E-state index >= 15 is 0 Å². The SMILES string of the molecule is CC(C)(C)OC(=O)C[C@H](CN)C(C)(C)C.CCS(=O)(=O)NC[C@@H](CC(=O)OC(C)(C)C)C(C)(C)C. The number of esters is 2. The lowest BCUT2D eigenvalue weighted by Gasteiger charge is -2.31. The Kier molecular flexibility index (Phi) is 14.3. The first-order valence-corrected chi connectivity index (χ1v) is 14.1. The van der Waals surface area contributed by atoms with E-state index in [0.29, 0.717) is 13.0 Å². The first-order chi connectivity index (χ1) is 15.3. The van der Waals surface area contributed by atoms with Gasteiger partial charge in [-0.25, -0.2) is 13.1 Å². The minimum Gasteiger partial charge on any atom is -0.460 e. The number of nitrogens with one attached hydrogen (secondary N) is 1. The molecule has 0 aliphatic carbocycles. The zero-order valence-corrected chi connectivity index (χ0v) is 25.4. The third-order valence-corrected chi connectivity index (χ3v) is 6.70. The van der Waals surface area contributed by atoms with Gasteiger partial charge in [-0.15, -0.1) is 0 Å². The van der Waals surface area contributed by atoms with Gasteiger partial charge in [-0.3, -0.25) is 9.59 Å². The molecule has 0 amide bonds. The Morgan fingerprint density at radius 3 is 1.34 bits per heavy atom. The summed E-state index contributed by atoms with van der Waals surface area (Å²) in [5.41, 5.74) is 4.59. The largest absolute Gasteiger partial charge is 0.460 e. The molecule has 9 heteroatoms. The molecule has 0 aliphatic heterocycles. The summed E-state index contributed by atoms with van der Waals surface area (Å²) in [6, 6.07) is 0. The highest BCUT2D eigenvalue weighted by Crippen LogP contribution is 2.30. The van der Waals surface area contributed by atoms with Crippen LogP contribution in [0.2, 0.25) is 0 Å². The van der Waals surface area contributed by atoms with Gasteiger partial charge in [-0.1, -0.05) is 41.5 Å². The molecule has 0 aromatic rings. The van der Waals surface area contributed by atoms with Crippen molar-refractivity contribution in [3.05, 3.63) is 0 Å². The zero-order chi connectivity index (χ0) is 28.5. The molecular weight excluding hydrogens is 468 g/mol. The molecule has 2 atom stereocenters. The van der Waals surface area contributed by atoms with Crippen LogP contribution in [0, 0.1) is 22.7 Å². The van der Waals surface area contributed by atoms with Gasteiger partial charge in [0.25, 0.3) is 0 Å². The molecule has 0 unspecified atom stereocenters. The van der Waals surface area contributed by atoms with Crippen molar-refractivity contribution in [3.8, 4) is 0 Å². The molecule has 0 spiro atoms. The van der Waals surface area contributed by atoms with Gasteiger partial charge in [0, 0.05) is 6.54 Å². The second kappa shape index (κ2) is 13.9. The number of hydrogen-bond donors (Lipinski definition) is 2. The Balaban J connectivity index is 0. The van der Waals surface area contributed by atoms with Crippen LogP contribution in [-0.4, -0.2) is 50.4 Å². The third kappa shape index (κ3) is 19.7. The van der Waals surface area contributed by atoms with Crippen LogP contribution < -0.4 is 10.5 Å². The van der Waals surface area contributed by atoms with Gasteiger partial charge in [0.2, 0.25) is 10.0 Å². The summed E-state index contributed by atoms with van der Waals surface area (Å²) < 4.78 is 36.2. The normalized spacial score (nSPS) is 14.9. The summed E-state index contributed by atoms with van der Waals surface area (Å²) in [6.07, 6.45) is 0.601. The number of rotatable bonds is 9. The molecule has 0 bridgehead atoms. The van der Waals surface area contributed by atoms with Gasteiger partial charge < -0.3 is 15.2 Å². The van der Waals surface area contributed by atoms with E-state index in [0.717, 1.165) is 0 Å². The fraction of sp³-hybridized carbons (Fsp3) is 0.923. The van der Waals surface area contributed by atoms with E-state index in [1.807, 2.05) is 62.3 Å². The summed E-state index contributed by atoms with van der Waals surface area (Å²) in [5.74, 6) is -0.358. The van der Waals surface area contributed by atoms with Crippen molar-refractivity contribution < 1.29 is 27.5 Å². The Morgan fingerprint density at radius 2 is 1.09 bits per heavy atom. The molecule has 0 aromatic heterocycles. The highest BCUT2D eigenvalue weighted by atomic mass is 32.2. The summed E-state index contributed by atoms with van der Waals surface area (Å²) >= 11 is 0. The third-order valence-electron chi connectivity index (χ3n) is 5.33. The topological polar surface area (TPSA) is 125 Å². The molecule has 210 valence electrons. The Morgan fingerprint density at radius 1 is 0.743 bits per heavy atom. The van der Waals surface area contributed by atoms with Gasteiger partial charge in [-0.05, 0) is 77.7 Å². The number of hydrogen-bond acceptors (Lipinski definition) is 7. The average molecular weight is 523 g/mol. The predicted octanol–water partition coefficient (Wildman–Crippen LogP) is 4.66. The number of carbonyl (C=O) groups is 2. The zero-order valence-electron chi connectivity index (χ0n) is 24.6. The summed E-state index contributed by atoms with van der Waals surface area (Å²) in [5, 5.41) is 0. The van der Waals surface area contributed by atoms with Crippen molar-refractivity contribution in [2.75, 3.05) is 18.8 Å². The molecule has 0 heterocycles. The van der Waals surface area contributed by atoms with Crippen LogP contribution in [0.15, 0.2) is 0 Å². The Hall–Kier alpha value is -1.19. The van der Waals surface area contributed by atoms with Gasteiger partial charge in [0.05, 0.1) is 18.6 Å². The van der Waals surface area contributed by atoms with Gasteiger partial charge >= 0.3 is 11.9 Å². The first kappa shape index (κ1) is 36.0. The summed E-state index contributed by atoms with van der Waals surface area (Å²) in [4.78, 5) is 23.5. The summed E-state index contributed by atoms with van der Waals surface area (Å²) in [6.45, 7) is 25.7. The number of carbonyl (C=O) groups excluding carboxylic acids is 2. The van der Waals surface area contributed by atoms with E-state index in [4.69, 9.17) is 15.2 Å². The van der Waals surface area contributed by atoms with Crippen molar-refractivity contribution in [2.45, 2.75) is 114 Å². The second-order valence-corrected chi connectivity index (χ2v) is 15.3. The van der Waals surface area contributed by atoms with E-state index in [-0.39, 0.29) is 53.3 Å². The Labute approximate surface area is 215 Å². The molecule has 0 rings (SSSR count). The first-order valence-electron chi connectivity index (χ1n) is 12.4. The predicted molar refractivity (Wildman–Crippen MR) is 143 cm³/mol. The number of nitrogens with two attached hydrogens (primary N) is 1. The van der Waals surface area contributed by atoms with Crippen molar-refractivity contribution in [1.82, 2.24) is 4.72 Å². The van der Waals surface area contributed by atoms with Crippen LogP contribution in [0.5, 0.6) is 0 Å². The van der Waals surface area contributed by atoms with E-state index in [1.54, 1.807) is 6.92 Å². The molecule has 3 N–H and O–H groups in total. The van der Waals surface area contributed by atoms with Crippen molar-refractivity contribution >= 4 is 22.0 Å². The van der Waals surface area contributed by atoms with E-state index in [2.05, 4.69) is 25.5 Å². The Bertz CT molecular complexity index is 751. The monoisotopic (exact) mass is 522 g/mol.